The Bertz CT molecular complexity index is 689. The van der Waals surface area contributed by atoms with Gasteiger partial charge in [-0.1, -0.05) is 26.8 Å². The van der Waals surface area contributed by atoms with E-state index in [1.54, 1.807) is 0 Å². The molecule has 1 heterocycles. The highest BCUT2D eigenvalue weighted by Crippen LogP contribution is 2.31. The molecule has 1 aromatic carbocycles. The summed E-state index contributed by atoms with van der Waals surface area (Å²) in [6.45, 7) is 5.62. The van der Waals surface area contributed by atoms with E-state index < -0.39 is 23.0 Å². The van der Waals surface area contributed by atoms with Gasteiger partial charge in [0.05, 0.1) is 10.7 Å². The normalized spacial score (nSPS) is 11.7. The third-order valence-electron chi connectivity index (χ3n) is 2.93. The predicted octanol–water partition coefficient (Wildman–Crippen LogP) is 4.01. The van der Waals surface area contributed by atoms with E-state index >= 15 is 0 Å². The molecule has 6 heteroatoms. The van der Waals surface area contributed by atoms with Crippen LogP contribution in [-0.2, 0) is 11.8 Å². The first-order valence-corrected chi connectivity index (χ1v) is 7.17. The maximum atomic E-state index is 13.7. The smallest absolute Gasteiger partial charge is 0.347 e. The van der Waals surface area contributed by atoms with Crippen LogP contribution < -0.4 is 0 Å². The molecule has 21 heavy (non-hydrogen) atoms. The quantitative estimate of drug-likeness (QED) is 0.932. The lowest BCUT2D eigenvalue weighted by Crippen LogP contribution is -2.16. The third-order valence-corrected chi connectivity index (χ3v) is 3.98. The van der Waals surface area contributed by atoms with Gasteiger partial charge in [-0.25, -0.2) is 18.6 Å². The van der Waals surface area contributed by atoms with Crippen LogP contribution in [0.2, 0.25) is 0 Å². The third kappa shape index (κ3) is 3.44. The Balaban J connectivity index is 2.39. The highest BCUT2D eigenvalue weighted by atomic mass is 32.1. The van der Waals surface area contributed by atoms with Crippen molar-refractivity contribution < 1.29 is 18.7 Å². The van der Waals surface area contributed by atoms with Crippen molar-refractivity contribution in [3.05, 3.63) is 51.0 Å². The fraction of sp³-hybridized carbons (Fsp3) is 0.333. The number of nitrogens with zero attached hydrogens (tertiary/aromatic N) is 1. The van der Waals surface area contributed by atoms with Gasteiger partial charge < -0.3 is 5.11 Å². The first kappa shape index (κ1) is 15.6. The SMILES string of the molecule is CC(C)(C)c1nc(Cc2ccc(F)cc2F)sc1C(=O)O. The van der Waals surface area contributed by atoms with Gasteiger partial charge in [0.2, 0.25) is 0 Å². The monoisotopic (exact) mass is 311 g/mol. The number of rotatable bonds is 3. The Labute approximate surface area is 125 Å². The molecule has 0 aliphatic rings. The van der Waals surface area contributed by atoms with Crippen LogP contribution >= 0.6 is 11.3 Å². The van der Waals surface area contributed by atoms with Crippen molar-refractivity contribution in [1.82, 2.24) is 4.98 Å². The van der Waals surface area contributed by atoms with E-state index in [0.29, 0.717) is 16.3 Å². The largest absolute Gasteiger partial charge is 0.477 e. The summed E-state index contributed by atoms with van der Waals surface area (Å²) in [5, 5.41) is 9.75. The van der Waals surface area contributed by atoms with Crippen molar-refractivity contribution in [2.75, 3.05) is 0 Å². The molecule has 0 unspecified atom stereocenters. The maximum Gasteiger partial charge on any atom is 0.347 e. The molecule has 1 aromatic heterocycles. The summed E-state index contributed by atoms with van der Waals surface area (Å²) in [6.07, 6.45) is 0.146. The second-order valence-corrected chi connectivity index (χ2v) is 6.84. The van der Waals surface area contributed by atoms with E-state index in [4.69, 9.17) is 0 Å². The number of thiazole rings is 1. The van der Waals surface area contributed by atoms with E-state index in [-0.39, 0.29) is 11.3 Å². The van der Waals surface area contributed by atoms with Crippen molar-refractivity contribution in [1.29, 1.82) is 0 Å². The van der Waals surface area contributed by atoms with E-state index in [1.165, 1.54) is 12.1 Å². The zero-order chi connectivity index (χ0) is 15.8. The number of carboxylic acids is 1. The zero-order valence-corrected chi connectivity index (χ0v) is 12.7. The molecule has 0 amide bonds. The minimum absolute atomic E-state index is 0.146. The minimum Gasteiger partial charge on any atom is -0.477 e. The molecule has 0 saturated heterocycles. The van der Waals surface area contributed by atoms with Crippen LogP contribution in [0.4, 0.5) is 8.78 Å². The molecule has 0 saturated carbocycles. The summed E-state index contributed by atoms with van der Waals surface area (Å²) in [5.74, 6) is -2.33. The molecular weight excluding hydrogens is 296 g/mol. The summed E-state index contributed by atoms with van der Waals surface area (Å²) < 4.78 is 26.5. The van der Waals surface area contributed by atoms with Gasteiger partial charge in [-0.05, 0) is 11.6 Å². The van der Waals surface area contributed by atoms with E-state index in [2.05, 4.69) is 4.98 Å². The Hall–Kier alpha value is -1.82. The summed E-state index contributed by atoms with van der Waals surface area (Å²) in [4.78, 5) is 15.8. The molecular formula is C15H15F2NO2S. The average molecular weight is 311 g/mol. The second-order valence-electron chi connectivity index (χ2n) is 5.75. The van der Waals surface area contributed by atoms with E-state index in [0.717, 1.165) is 17.4 Å². The number of aromatic nitrogens is 1. The zero-order valence-electron chi connectivity index (χ0n) is 11.9. The van der Waals surface area contributed by atoms with Crippen LogP contribution in [0.1, 0.15) is 46.7 Å². The lowest BCUT2D eigenvalue weighted by molar-refractivity contribution is 0.0699. The van der Waals surface area contributed by atoms with Crippen LogP contribution in [0.25, 0.3) is 0 Å². The molecule has 3 nitrogen and oxygen atoms in total. The number of hydrogen-bond acceptors (Lipinski definition) is 3. The molecule has 1 N–H and O–H groups in total. The number of carbonyl (C=O) groups is 1. The van der Waals surface area contributed by atoms with Crippen molar-refractivity contribution in [3.8, 4) is 0 Å². The number of aromatic carboxylic acids is 1. The fourth-order valence-electron chi connectivity index (χ4n) is 1.92. The Morgan fingerprint density at radius 2 is 2.00 bits per heavy atom. The van der Waals surface area contributed by atoms with Crippen LogP contribution in [0.5, 0.6) is 0 Å². The average Bonchev–Trinajstić information content (AvgIpc) is 2.77. The Morgan fingerprint density at radius 1 is 1.33 bits per heavy atom. The topological polar surface area (TPSA) is 50.2 Å². The van der Waals surface area contributed by atoms with Crippen LogP contribution in [0, 0.1) is 11.6 Å². The Kier molecular flexibility index (Phi) is 4.09. The van der Waals surface area contributed by atoms with Gasteiger partial charge in [0.15, 0.2) is 0 Å². The summed E-state index contributed by atoms with van der Waals surface area (Å²) in [5.41, 5.74) is 0.365. The van der Waals surface area contributed by atoms with Crippen LogP contribution in [0.3, 0.4) is 0 Å². The fourth-order valence-corrected chi connectivity index (χ4v) is 3.06. The molecule has 0 spiro atoms. The van der Waals surface area contributed by atoms with Crippen molar-refractivity contribution in [3.63, 3.8) is 0 Å². The van der Waals surface area contributed by atoms with Crippen molar-refractivity contribution >= 4 is 17.3 Å². The molecule has 2 rings (SSSR count). The maximum absolute atomic E-state index is 13.7. The predicted molar refractivity (Wildman–Crippen MR) is 76.9 cm³/mol. The molecule has 0 aliphatic carbocycles. The van der Waals surface area contributed by atoms with E-state index in [1.807, 2.05) is 20.8 Å². The molecule has 0 radical (unpaired) electrons. The van der Waals surface area contributed by atoms with Crippen LogP contribution in [-0.4, -0.2) is 16.1 Å². The summed E-state index contributed by atoms with van der Waals surface area (Å²) in [7, 11) is 0. The lowest BCUT2D eigenvalue weighted by Gasteiger charge is -2.16. The number of halogens is 2. The molecule has 0 atom stereocenters. The number of benzene rings is 1. The number of hydrogen-bond donors (Lipinski definition) is 1. The molecule has 112 valence electrons. The molecule has 0 bridgehead atoms. The lowest BCUT2D eigenvalue weighted by atomic mass is 9.91. The van der Waals surface area contributed by atoms with Gasteiger partial charge in [0.1, 0.15) is 16.5 Å². The van der Waals surface area contributed by atoms with Crippen LogP contribution in [0.15, 0.2) is 18.2 Å². The van der Waals surface area contributed by atoms with Crippen molar-refractivity contribution in [2.45, 2.75) is 32.6 Å². The second kappa shape index (κ2) is 5.52. The number of carboxylic acid groups (broad SMARTS) is 1. The summed E-state index contributed by atoms with van der Waals surface area (Å²) in [6, 6.07) is 3.34. The highest BCUT2D eigenvalue weighted by Gasteiger charge is 2.27. The van der Waals surface area contributed by atoms with Crippen molar-refractivity contribution in [2.24, 2.45) is 0 Å². The molecule has 0 aliphatic heterocycles. The standard InChI is InChI=1S/C15H15F2NO2S/c1-15(2,3)13-12(14(19)20)21-11(18-13)6-8-4-5-9(16)7-10(8)17/h4-5,7H,6H2,1-3H3,(H,19,20). The molecule has 0 fully saturated rings. The van der Waals surface area contributed by atoms with Gasteiger partial charge >= 0.3 is 5.97 Å². The van der Waals surface area contributed by atoms with Gasteiger partial charge in [0.25, 0.3) is 0 Å². The first-order valence-electron chi connectivity index (χ1n) is 6.36. The molecule has 2 aromatic rings. The van der Waals surface area contributed by atoms with E-state index in [9.17, 15) is 18.7 Å². The highest BCUT2D eigenvalue weighted by molar-refractivity contribution is 7.13. The van der Waals surface area contributed by atoms with Gasteiger partial charge in [0, 0.05) is 17.9 Å². The minimum atomic E-state index is -1.04. The van der Waals surface area contributed by atoms with Gasteiger partial charge in [-0.15, -0.1) is 11.3 Å². The first-order chi connectivity index (χ1) is 9.68. The Morgan fingerprint density at radius 3 is 2.48 bits per heavy atom. The van der Waals surface area contributed by atoms with Gasteiger partial charge in [-0.2, -0.15) is 0 Å². The van der Waals surface area contributed by atoms with Gasteiger partial charge in [-0.3, -0.25) is 0 Å². The summed E-state index contributed by atoms with van der Waals surface area (Å²) >= 11 is 1.03.